The fourth-order valence-corrected chi connectivity index (χ4v) is 3.80. The van der Waals surface area contributed by atoms with E-state index in [-0.39, 0.29) is 19.5 Å². The molecule has 0 unspecified atom stereocenters. The Morgan fingerprint density at radius 1 is 0.903 bits per heavy atom. The monoisotopic (exact) mass is 419 g/mol. The fourth-order valence-electron chi connectivity index (χ4n) is 3.80. The summed E-state index contributed by atoms with van der Waals surface area (Å²) < 4.78 is 17.1. The van der Waals surface area contributed by atoms with E-state index in [9.17, 15) is 5.11 Å². The highest BCUT2D eigenvalue weighted by Gasteiger charge is 2.19. The molecule has 3 aromatic rings. The zero-order chi connectivity index (χ0) is 21.5. The number of benzene rings is 3. The van der Waals surface area contributed by atoms with Crippen LogP contribution in [0.5, 0.6) is 11.5 Å². The summed E-state index contributed by atoms with van der Waals surface area (Å²) in [5.74, 6) is 1.57. The van der Waals surface area contributed by atoms with Gasteiger partial charge in [-0.15, -0.1) is 0 Å². The number of rotatable bonds is 10. The molecule has 0 radical (unpaired) electrons. The quantitative estimate of drug-likeness (QED) is 0.528. The van der Waals surface area contributed by atoms with Crippen LogP contribution in [-0.2, 0) is 11.3 Å². The van der Waals surface area contributed by atoms with Crippen molar-refractivity contribution in [3.05, 3.63) is 95.6 Å². The van der Waals surface area contributed by atoms with Crippen LogP contribution in [0.3, 0.4) is 0 Å². The number of ether oxygens (including phenoxy) is 3. The second kappa shape index (κ2) is 10.4. The Hall–Kier alpha value is -2.86. The summed E-state index contributed by atoms with van der Waals surface area (Å²) in [5, 5.41) is 10.7. The van der Waals surface area contributed by atoms with Gasteiger partial charge >= 0.3 is 0 Å². The highest BCUT2D eigenvalue weighted by atomic mass is 16.7. The lowest BCUT2D eigenvalue weighted by Gasteiger charge is -2.26. The van der Waals surface area contributed by atoms with Gasteiger partial charge in [0.2, 0.25) is 6.79 Å². The normalized spacial score (nSPS) is 13.7. The van der Waals surface area contributed by atoms with Gasteiger partial charge in [-0.05, 0) is 35.4 Å². The van der Waals surface area contributed by atoms with E-state index in [2.05, 4.69) is 36.1 Å². The Morgan fingerprint density at radius 2 is 1.55 bits per heavy atom. The summed E-state index contributed by atoms with van der Waals surface area (Å²) in [6.07, 6.45) is -0.801. The van der Waals surface area contributed by atoms with Crippen molar-refractivity contribution < 1.29 is 19.3 Å². The van der Waals surface area contributed by atoms with Crippen molar-refractivity contribution in [1.82, 2.24) is 4.90 Å². The molecule has 1 aliphatic rings. The van der Waals surface area contributed by atoms with Crippen molar-refractivity contribution in [3.63, 3.8) is 0 Å². The van der Waals surface area contributed by atoms with Crippen LogP contribution in [0.15, 0.2) is 78.9 Å². The second-order valence-corrected chi connectivity index (χ2v) is 7.70. The summed E-state index contributed by atoms with van der Waals surface area (Å²) in [4.78, 5) is 2.20. The molecule has 1 aliphatic heterocycles. The van der Waals surface area contributed by atoms with Gasteiger partial charge in [-0.3, -0.25) is 4.90 Å². The molecule has 0 spiro atoms. The van der Waals surface area contributed by atoms with Gasteiger partial charge < -0.3 is 19.3 Å². The molecular weight excluding hydrogens is 390 g/mol. The number of aliphatic hydroxyl groups is 1. The summed E-state index contributed by atoms with van der Waals surface area (Å²) in [7, 11) is 0. The van der Waals surface area contributed by atoms with E-state index in [1.54, 1.807) is 0 Å². The summed E-state index contributed by atoms with van der Waals surface area (Å²) in [6, 6.07) is 26.2. The first-order valence-electron chi connectivity index (χ1n) is 10.7. The number of nitrogens with zero attached hydrogens (tertiary/aromatic N) is 1. The third-order valence-electron chi connectivity index (χ3n) is 5.42. The molecule has 0 amide bonds. The lowest BCUT2D eigenvalue weighted by Crippen LogP contribution is -2.34. The van der Waals surface area contributed by atoms with Crippen LogP contribution in [0.25, 0.3) is 0 Å². The molecule has 1 N–H and O–H groups in total. The largest absolute Gasteiger partial charge is 0.454 e. The fraction of sp³-hybridized carbons (Fsp3) is 0.308. The molecule has 5 nitrogen and oxygen atoms in total. The second-order valence-electron chi connectivity index (χ2n) is 7.70. The van der Waals surface area contributed by atoms with E-state index in [0.717, 1.165) is 41.3 Å². The third-order valence-corrected chi connectivity index (χ3v) is 5.42. The van der Waals surface area contributed by atoms with Crippen molar-refractivity contribution >= 4 is 0 Å². The molecule has 1 heterocycles. The zero-order valence-electron chi connectivity index (χ0n) is 17.8. The van der Waals surface area contributed by atoms with Gasteiger partial charge in [-0.1, -0.05) is 73.7 Å². The number of likely N-dealkylation sites (N-methyl/N-ethyl adjacent to an activating group) is 1. The molecule has 0 bridgehead atoms. The van der Waals surface area contributed by atoms with Crippen molar-refractivity contribution in [2.75, 3.05) is 26.5 Å². The topological polar surface area (TPSA) is 51.2 Å². The van der Waals surface area contributed by atoms with Gasteiger partial charge in [0.1, 0.15) is 6.10 Å². The van der Waals surface area contributed by atoms with E-state index in [0.29, 0.717) is 6.54 Å². The molecule has 162 valence electrons. The van der Waals surface area contributed by atoms with Gasteiger partial charge in [-0.25, -0.2) is 0 Å². The van der Waals surface area contributed by atoms with Gasteiger partial charge in [0.05, 0.1) is 12.7 Å². The first kappa shape index (κ1) is 21.4. The SMILES string of the molecule is CCN(Cc1ccc2c(c1)OCO2)C[C@@H](O)COC(c1ccccc1)c1ccccc1. The Bertz CT molecular complexity index is 909. The van der Waals surface area contributed by atoms with Crippen molar-refractivity contribution in [2.24, 2.45) is 0 Å². The zero-order valence-corrected chi connectivity index (χ0v) is 17.8. The molecule has 31 heavy (non-hydrogen) atoms. The Morgan fingerprint density at radius 3 is 2.19 bits per heavy atom. The maximum atomic E-state index is 10.7. The van der Waals surface area contributed by atoms with E-state index < -0.39 is 6.10 Å². The first-order chi connectivity index (χ1) is 15.2. The Balaban J connectivity index is 1.36. The minimum Gasteiger partial charge on any atom is -0.454 e. The van der Waals surface area contributed by atoms with Crippen LogP contribution < -0.4 is 9.47 Å². The molecule has 3 aromatic carbocycles. The molecule has 0 saturated carbocycles. The van der Waals surface area contributed by atoms with Crippen LogP contribution >= 0.6 is 0 Å². The van der Waals surface area contributed by atoms with Crippen molar-refractivity contribution in [3.8, 4) is 11.5 Å². The van der Waals surface area contributed by atoms with E-state index >= 15 is 0 Å². The Labute approximate surface area is 183 Å². The summed E-state index contributed by atoms with van der Waals surface area (Å²) in [6.45, 7) is 4.71. The van der Waals surface area contributed by atoms with Crippen molar-refractivity contribution in [1.29, 1.82) is 0 Å². The van der Waals surface area contributed by atoms with Gasteiger partial charge in [-0.2, -0.15) is 0 Å². The number of aliphatic hydroxyl groups excluding tert-OH is 1. The van der Waals surface area contributed by atoms with Crippen LogP contribution in [0.1, 0.15) is 29.7 Å². The number of hydrogen-bond acceptors (Lipinski definition) is 5. The maximum Gasteiger partial charge on any atom is 0.231 e. The average Bonchev–Trinajstić information content (AvgIpc) is 3.28. The van der Waals surface area contributed by atoms with Crippen molar-refractivity contribution in [2.45, 2.75) is 25.7 Å². The van der Waals surface area contributed by atoms with Gasteiger partial charge in [0.15, 0.2) is 11.5 Å². The van der Waals surface area contributed by atoms with Crippen LogP contribution in [0.2, 0.25) is 0 Å². The van der Waals surface area contributed by atoms with Crippen LogP contribution in [0, 0.1) is 0 Å². The van der Waals surface area contributed by atoms with Crippen LogP contribution in [0.4, 0.5) is 0 Å². The predicted molar refractivity (Wildman–Crippen MR) is 120 cm³/mol. The molecule has 1 atom stereocenters. The highest BCUT2D eigenvalue weighted by molar-refractivity contribution is 5.44. The lowest BCUT2D eigenvalue weighted by molar-refractivity contribution is -0.00879. The Kier molecular flexibility index (Phi) is 7.20. The highest BCUT2D eigenvalue weighted by Crippen LogP contribution is 2.33. The molecule has 0 aliphatic carbocycles. The number of fused-ring (bicyclic) bond motifs is 1. The third kappa shape index (κ3) is 5.64. The molecular formula is C26H29NO4. The van der Waals surface area contributed by atoms with E-state index in [4.69, 9.17) is 14.2 Å². The van der Waals surface area contributed by atoms with E-state index in [1.807, 2.05) is 54.6 Å². The average molecular weight is 420 g/mol. The smallest absolute Gasteiger partial charge is 0.231 e. The van der Waals surface area contributed by atoms with Gasteiger partial charge in [0, 0.05) is 13.1 Å². The standard InChI is InChI=1S/C26H29NO4/c1-2-27(16-20-13-14-24-25(15-20)31-19-30-24)17-23(28)18-29-26(21-9-5-3-6-10-21)22-11-7-4-8-12-22/h3-15,23,26,28H,2,16-19H2,1H3/t23-/m1/s1. The molecule has 0 fully saturated rings. The molecule has 4 rings (SSSR count). The van der Waals surface area contributed by atoms with Gasteiger partial charge in [0.25, 0.3) is 0 Å². The molecule has 5 heteroatoms. The number of hydrogen-bond donors (Lipinski definition) is 1. The molecule has 0 aromatic heterocycles. The summed E-state index contributed by atoms with van der Waals surface area (Å²) in [5.41, 5.74) is 3.29. The first-order valence-corrected chi connectivity index (χ1v) is 10.7. The molecule has 0 saturated heterocycles. The lowest BCUT2D eigenvalue weighted by atomic mass is 10.0. The van der Waals surface area contributed by atoms with Crippen LogP contribution in [-0.4, -0.2) is 42.6 Å². The maximum absolute atomic E-state index is 10.7. The predicted octanol–water partition coefficient (Wildman–Crippen LogP) is 4.40. The van der Waals surface area contributed by atoms with E-state index in [1.165, 1.54) is 0 Å². The minimum absolute atomic E-state index is 0.207. The minimum atomic E-state index is -0.594. The summed E-state index contributed by atoms with van der Waals surface area (Å²) >= 11 is 0.